The minimum Gasteiger partial charge on any atom is -0.355 e. The summed E-state index contributed by atoms with van der Waals surface area (Å²) < 4.78 is 0. The van der Waals surface area contributed by atoms with Crippen molar-refractivity contribution < 1.29 is 9.59 Å². The molecule has 1 saturated heterocycles. The molecule has 0 spiro atoms. The van der Waals surface area contributed by atoms with Crippen LogP contribution in [0.5, 0.6) is 0 Å². The van der Waals surface area contributed by atoms with Crippen molar-refractivity contribution in [3.8, 4) is 0 Å². The lowest BCUT2D eigenvalue weighted by Crippen LogP contribution is -2.33. The van der Waals surface area contributed by atoms with E-state index in [-0.39, 0.29) is 16.6 Å². The zero-order chi connectivity index (χ0) is 11.3. The van der Waals surface area contributed by atoms with E-state index in [1.807, 2.05) is 4.90 Å². The van der Waals surface area contributed by atoms with Gasteiger partial charge < -0.3 is 10.2 Å². The largest absolute Gasteiger partial charge is 0.355 e. The van der Waals surface area contributed by atoms with Crippen LogP contribution >= 0.6 is 15.9 Å². The third-order valence-corrected chi connectivity index (χ3v) is 2.85. The number of nitrogens with one attached hydrogen (secondary N) is 1. The first-order chi connectivity index (χ1) is 7.11. The molecule has 1 unspecified atom stereocenters. The Morgan fingerprint density at radius 1 is 1.67 bits per heavy atom. The standard InChI is InChI=1S/C10H17BrN2O2/c1-8(11)10(15)12-5-3-7-13-6-2-4-9(13)14/h8H,2-7H2,1H3,(H,12,15). The Balaban J connectivity index is 2.06. The Morgan fingerprint density at radius 3 is 2.93 bits per heavy atom. The Morgan fingerprint density at radius 2 is 2.40 bits per heavy atom. The highest BCUT2D eigenvalue weighted by Gasteiger charge is 2.19. The van der Waals surface area contributed by atoms with Gasteiger partial charge in [0, 0.05) is 26.1 Å². The van der Waals surface area contributed by atoms with Crippen molar-refractivity contribution in [1.29, 1.82) is 0 Å². The van der Waals surface area contributed by atoms with Gasteiger partial charge in [-0.05, 0) is 19.8 Å². The summed E-state index contributed by atoms with van der Waals surface area (Å²) >= 11 is 3.19. The van der Waals surface area contributed by atoms with E-state index >= 15 is 0 Å². The minimum atomic E-state index is -0.147. The molecule has 86 valence electrons. The molecule has 1 heterocycles. The number of alkyl halides is 1. The fraction of sp³-hybridized carbons (Fsp3) is 0.800. The molecule has 15 heavy (non-hydrogen) atoms. The van der Waals surface area contributed by atoms with E-state index in [1.54, 1.807) is 6.92 Å². The van der Waals surface area contributed by atoms with Gasteiger partial charge in [-0.15, -0.1) is 0 Å². The van der Waals surface area contributed by atoms with Gasteiger partial charge in [-0.25, -0.2) is 0 Å². The molecule has 0 bridgehead atoms. The second kappa shape index (κ2) is 6.10. The molecular weight excluding hydrogens is 260 g/mol. The van der Waals surface area contributed by atoms with Crippen LogP contribution in [0, 0.1) is 0 Å². The predicted octanol–water partition coefficient (Wildman–Crippen LogP) is 0.898. The Kier molecular flexibility index (Phi) is 5.08. The maximum atomic E-state index is 11.2. The van der Waals surface area contributed by atoms with Crippen LogP contribution in [-0.2, 0) is 9.59 Å². The highest BCUT2D eigenvalue weighted by Crippen LogP contribution is 2.09. The van der Waals surface area contributed by atoms with Gasteiger partial charge in [0.2, 0.25) is 11.8 Å². The van der Waals surface area contributed by atoms with Crippen molar-refractivity contribution in [3.05, 3.63) is 0 Å². The van der Waals surface area contributed by atoms with E-state index in [4.69, 9.17) is 0 Å². The van der Waals surface area contributed by atoms with E-state index in [1.165, 1.54) is 0 Å². The molecule has 1 aliphatic rings. The molecule has 0 radical (unpaired) electrons. The van der Waals surface area contributed by atoms with Gasteiger partial charge in [-0.3, -0.25) is 9.59 Å². The molecular formula is C10H17BrN2O2. The maximum absolute atomic E-state index is 11.2. The van der Waals surface area contributed by atoms with Crippen molar-refractivity contribution >= 4 is 27.7 Å². The van der Waals surface area contributed by atoms with Crippen molar-refractivity contribution in [2.75, 3.05) is 19.6 Å². The molecule has 1 atom stereocenters. The molecule has 5 heteroatoms. The van der Waals surface area contributed by atoms with E-state index in [9.17, 15) is 9.59 Å². The Labute approximate surface area is 98.5 Å². The maximum Gasteiger partial charge on any atom is 0.233 e. The van der Waals surface area contributed by atoms with Gasteiger partial charge in [0.1, 0.15) is 0 Å². The summed E-state index contributed by atoms with van der Waals surface area (Å²) in [5.74, 6) is 0.248. The SMILES string of the molecule is CC(Br)C(=O)NCCCN1CCCC1=O. The van der Waals surface area contributed by atoms with Gasteiger partial charge in [0.05, 0.1) is 4.83 Å². The van der Waals surface area contributed by atoms with E-state index < -0.39 is 0 Å². The van der Waals surface area contributed by atoms with Crippen molar-refractivity contribution in [2.24, 2.45) is 0 Å². The molecule has 1 rings (SSSR count). The minimum absolute atomic E-state index is 0.00254. The first-order valence-electron chi connectivity index (χ1n) is 5.31. The summed E-state index contributed by atoms with van der Waals surface area (Å²) in [5, 5.41) is 2.80. The lowest BCUT2D eigenvalue weighted by atomic mass is 10.3. The van der Waals surface area contributed by atoms with Crippen LogP contribution in [0.2, 0.25) is 0 Å². The third-order valence-electron chi connectivity index (χ3n) is 2.44. The van der Waals surface area contributed by atoms with E-state index in [0.717, 1.165) is 25.9 Å². The predicted molar refractivity (Wildman–Crippen MR) is 61.8 cm³/mol. The second-order valence-corrected chi connectivity index (χ2v) is 5.12. The molecule has 0 aromatic rings. The lowest BCUT2D eigenvalue weighted by Gasteiger charge is -2.15. The van der Waals surface area contributed by atoms with Crippen LogP contribution in [0.4, 0.5) is 0 Å². The monoisotopic (exact) mass is 276 g/mol. The molecule has 0 aromatic carbocycles. The molecule has 2 amide bonds. The number of nitrogens with zero attached hydrogens (tertiary/aromatic N) is 1. The number of rotatable bonds is 5. The van der Waals surface area contributed by atoms with Crippen LogP contribution < -0.4 is 5.32 Å². The van der Waals surface area contributed by atoms with Crippen LogP contribution in [0.25, 0.3) is 0 Å². The Hall–Kier alpha value is -0.580. The Bertz CT molecular complexity index is 244. The van der Waals surface area contributed by atoms with Crippen LogP contribution in [0.15, 0.2) is 0 Å². The molecule has 0 aliphatic carbocycles. The first-order valence-corrected chi connectivity index (χ1v) is 6.22. The summed E-state index contributed by atoms with van der Waals surface area (Å²) in [5.41, 5.74) is 0. The molecule has 1 aliphatic heterocycles. The highest BCUT2D eigenvalue weighted by molar-refractivity contribution is 9.10. The van der Waals surface area contributed by atoms with Gasteiger partial charge >= 0.3 is 0 Å². The van der Waals surface area contributed by atoms with Gasteiger partial charge in [-0.1, -0.05) is 15.9 Å². The van der Waals surface area contributed by atoms with Gasteiger partial charge in [0.25, 0.3) is 0 Å². The topological polar surface area (TPSA) is 49.4 Å². The van der Waals surface area contributed by atoms with Crippen molar-refractivity contribution in [1.82, 2.24) is 10.2 Å². The molecule has 1 fully saturated rings. The van der Waals surface area contributed by atoms with Crippen molar-refractivity contribution in [2.45, 2.75) is 31.0 Å². The normalized spacial score (nSPS) is 18.0. The number of carbonyl (C=O) groups is 2. The lowest BCUT2D eigenvalue weighted by molar-refractivity contribution is -0.127. The van der Waals surface area contributed by atoms with Gasteiger partial charge in [-0.2, -0.15) is 0 Å². The fourth-order valence-corrected chi connectivity index (χ4v) is 1.72. The zero-order valence-corrected chi connectivity index (χ0v) is 10.5. The number of likely N-dealkylation sites (tertiary alicyclic amines) is 1. The quantitative estimate of drug-likeness (QED) is 0.599. The molecule has 1 N–H and O–H groups in total. The zero-order valence-electron chi connectivity index (χ0n) is 8.96. The van der Waals surface area contributed by atoms with Crippen molar-refractivity contribution in [3.63, 3.8) is 0 Å². The number of carbonyl (C=O) groups excluding carboxylic acids is 2. The molecule has 0 saturated carbocycles. The smallest absolute Gasteiger partial charge is 0.233 e. The number of amides is 2. The fourth-order valence-electron chi connectivity index (χ4n) is 1.56. The average molecular weight is 277 g/mol. The summed E-state index contributed by atoms with van der Waals surface area (Å²) in [6.45, 7) is 4.06. The summed E-state index contributed by atoms with van der Waals surface area (Å²) in [6.07, 6.45) is 2.49. The third kappa shape index (κ3) is 4.20. The summed E-state index contributed by atoms with van der Waals surface area (Å²) in [6, 6.07) is 0. The highest BCUT2D eigenvalue weighted by atomic mass is 79.9. The summed E-state index contributed by atoms with van der Waals surface area (Å²) in [4.78, 5) is 24.1. The number of hydrogen-bond donors (Lipinski definition) is 1. The average Bonchev–Trinajstić information content (AvgIpc) is 2.58. The van der Waals surface area contributed by atoms with Crippen LogP contribution in [0.1, 0.15) is 26.2 Å². The molecule has 4 nitrogen and oxygen atoms in total. The van der Waals surface area contributed by atoms with E-state index in [2.05, 4.69) is 21.2 Å². The van der Waals surface area contributed by atoms with Gasteiger partial charge in [0.15, 0.2) is 0 Å². The van der Waals surface area contributed by atoms with Crippen LogP contribution in [0.3, 0.4) is 0 Å². The molecule has 0 aromatic heterocycles. The number of hydrogen-bond acceptors (Lipinski definition) is 2. The number of halogens is 1. The summed E-state index contributed by atoms with van der Waals surface area (Å²) in [7, 11) is 0. The second-order valence-electron chi connectivity index (χ2n) is 3.74. The van der Waals surface area contributed by atoms with Crippen LogP contribution in [-0.4, -0.2) is 41.2 Å². The first kappa shape index (κ1) is 12.5. The van der Waals surface area contributed by atoms with E-state index in [0.29, 0.717) is 13.0 Å².